The van der Waals surface area contributed by atoms with E-state index < -0.39 is 15.9 Å². The Balaban J connectivity index is 2.39. The van der Waals surface area contributed by atoms with Gasteiger partial charge in [-0.3, -0.25) is 4.79 Å². The van der Waals surface area contributed by atoms with E-state index in [2.05, 4.69) is 15.6 Å². The number of sulfonamides is 1. The van der Waals surface area contributed by atoms with Crippen LogP contribution in [0, 0.1) is 0 Å². The van der Waals surface area contributed by atoms with Crippen molar-refractivity contribution in [3.63, 3.8) is 0 Å². The Hall–Kier alpha value is -2.03. The largest absolute Gasteiger partial charge is 0.386 e. The van der Waals surface area contributed by atoms with Gasteiger partial charge in [-0.05, 0) is 24.3 Å². The fourth-order valence-electron chi connectivity index (χ4n) is 2.41. The van der Waals surface area contributed by atoms with Crippen molar-refractivity contribution in [3.05, 3.63) is 41.2 Å². The second-order valence-corrected chi connectivity index (χ2v) is 7.61. The van der Waals surface area contributed by atoms with E-state index in [0.717, 1.165) is 0 Å². The van der Waals surface area contributed by atoms with E-state index in [-0.39, 0.29) is 10.6 Å². The molecule has 2 rings (SSSR count). The second-order valence-electron chi connectivity index (χ2n) is 5.23. The summed E-state index contributed by atoms with van der Waals surface area (Å²) in [6, 6.07) is 6.07. The maximum atomic E-state index is 12.7. The lowest BCUT2D eigenvalue weighted by molar-refractivity contribution is 0.102. The molecule has 1 amide bonds. The molecule has 0 atom stereocenters. The number of amides is 1. The first-order valence-electron chi connectivity index (χ1n) is 7.80. The molecule has 0 unspecified atom stereocenters. The van der Waals surface area contributed by atoms with E-state index in [1.165, 1.54) is 28.7 Å². The molecule has 0 aliphatic carbocycles. The normalized spacial score (nSPS) is 11.6. The quantitative estimate of drug-likeness (QED) is 0.684. The maximum absolute atomic E-state index is 12.7. The summed E-state index contributed by atoms with van der Waals surface area (Å²) < 4.78 is 26.7. The monoisotopic (exact) mass is 384 g/mol. The lowest BCUT2D eigenvalue weighted by atomic mass is 10.2. The highest BCUT2D eigenvalue weighted by molar-refractivity contribution is 7.89. The molecule has 0 saturated carbocycles. The van der Waals surface area contributed by atoms with E-state index in [1.54, 1.807) is 27.0 Å². The van der Waals surface area contributed by atoms with Gasteiger partial charge in [-0.2, -0.15) is 4.31 Å². The molecule has 2 aromatic rings. The first kappa shape index (κ1) is 19.3. The Morgan fingerprint density at radius 3 is 2.40 bits per heavy atom. The van der Waals surface area contributed by atoms with Crippen molar-refractivity contribution in [2.24, 2.45) is 0 Å². The molecule has 0 saturated heterocycles. The fraction of sp³-hybridized carbons (Fsp3) is 0.312. The van der Waals surface area contributed by atoms with Gasteiger partial charge in [-0.15, -0.1) is 0 Å². The van der Waals surface area contributed by atoms with Crippen LogP contribution in [-0.4, -0.2) is 43.8 Å². The van der Waals surface area contributed by atoms with Gasteiger partial charge in [-0.25, -0.2) is 8.42 Å². The second kappa shape index (κ2) is 7.90. The number of hydrogen-bond donors (Lipinski definition) is 3. The average molecular weight is 385 g/mol. The number of aromatic amines is 1. The summed E-state index contributed by atoms with van der Waals surface area (Å²) in [7, 11) is -1.93. The molecule has 0 radical (unpaired) electrons. The molecule has 0 aliphatic heterocycles. The minimum atomic E-state index is -3.62. The fourth-order valence-corrected chi connectivity index (χ4v) is 4.05. The number of nitrogens with zero attached hydrogens (tertiary/aromatic N) is 1. The van der Waals surface area contributed by atoms with Crippen molar-refractivity contribution in [1.29, 1.82) is 0 Å². The number of H-pyrrole nitrogens is 1. The molecule has 136 valence electrons. The molecule has 1 heterocycles. The molecule has 0 spiro atoms. The van der Waals surface area contributed by atoms with Crippen molar-refractivity contribution in [1.82, 2.24) is 9.29 Å². The molecule has 25 heavy (non-hydrogen) atoms. The van der Waals surface area contributed by atoms with Gasteiger partial charge in [0, 0.05) is 26.3 Å². The third kappa shape index (κ3) is 4.15. The minimum absolute atomic E-state index is 0.120. The van der Waals surface area contributed by atoms with E-state index >= 15 is 0 Å². The zero-order valence-electron chi connectivity index (χ0n) is 14.3. The van der Waals surface area contributed by atoms with Gasteiger partial charge in [0.25, 0.3) is 5.91 Å². The standard InChI is InChI=1S/C16H21ClN4O3S/c1-4-21(5-2)25(23,24)12-6-7-13(18-3)14(9-12)20-16(22)15-8-11(17)10-19-15/h6-10,18-19H,4-5H2,1-3H3,(H,20,22). The van der Waals surface area contributed by atoms with Crippen LogP contribution in [0.5, 0.6) is 0 Å². The number of aromatic nitrogens is 1. The van der Waals surface area contributed by atoms with Crippen molar-refractivity contribution < 1.29 is 13.2 Å². The number of benzene rings is 1. The SMILES string of the molecule is CCN(CC)S(=O)(=O)c1ccc(NC)c(NC(=O)c2cc(Cl)c[nH]2)c1. The predicted octanol–water partition coefficient (Wildman–Crippen LogP) is 2.99. The lowest BCUT2D eigenvalue weighted by Gasteiger charge is -2.20. The molecule has 1 aromatic heterocycles. The highest BCUT2D eigenvalue weighted by atomic mass is 35.5. The number of hydrogen-bond acceptors (Lipinski definition) is 4. The summed E-state index contributed by atoms with van der Waals surface area (Å²) >= 11 is 5.81. The molecule has 1 aromatic carbocycles. The first-order valence-corrected chi connectivity index (χ1v) is 9.62. The first-order chi connectivity index (χ1) is 11.8. The molecule has 3 N–H and O–H groups in total. The van der Waals surface area contributed by atoms with Gasteiger partial charge >= 0.3 is 0 Å². The van der Waals surface area contributed by atoms with Crippen LogP contribution in [0.25, 0.3) is 0 Å². The van der Waals surface area contributed by atoms with Crippen LogP contribution >= 0.6 is 11.6 Å². The van der Waals surface area contributed by atoms with E-state index in [1.807, 2.05) is 0 Å². The van der Waals surface area contributed by atoms with Gasteiger partial charge in [0.15, 0.2) is 0 Å². The molecule has 0 aliphatic rings. The zero-order chi connectivity index (χ0) is 18.6. The van der Waals surface area contributed by atoms with Crippen LogP contribution in [0.2, 0.25) is 5.02 Å². The van der Waals surface area contributed by atoms with Gasteiger partial charge in [0.05, 0.1) is 21.3 Å². The number of rotatable bonds is 7. The topological polar surface area (TPSA) is 94.3 Å². The summed E-state index contributed by atoms with van der Waals surface area (Å²) in [4.78, 5) is 15.2. The number of halogens is 1. The summed E-state index contributed by atoms with van der Waals surface area (Å²) in [6.07, 6.45) is 1.50. The van der Waals surface area contributed by atoms with Crippen LogP contribution in [0.3, 0.4) is 0 Å². The van der Waals surface area contributed by atoms with Crippen molar-refractivity contribution in [3.8, 4) is 0 Å². The van der Waals surface area contributed by atoms with Gasteiger partial charge in [0.1, 0.15) is 5.69 Å². The Morgan fingerprint density at radius 1 is 1.20 bits per heavy atom. The molecule has 0 bridgehead atoms. The highest BCUT2D eigenvalue weighted by Crippen LogP contribution is 2.27. The van der Waals surface area contributed by atoms with Crippen LogP contribution < -0.4 is 10.6 Å². The van der Waals surface area contributed by atoms with Crippen molar-refractivity contribution >= 4 is 38.9 Å². The Kier molecular flexibility index (Phi) is 6.10. The lowest BCUT2D eigenvalue weighted by Crippen LogP contribution is -2.30. The highest BCUT2D eigenvalue weighted by Gasteiger charge is 2.23. The Morgan fingerprint density at radius 2 is 1.88 bits per heavy atom. The molecule has 0 fully saturated rings. The minimum Gasteiger partial charge on any atom is -0.386 e. The van der Waals surface area contributed by atoms with Crippen LogP contribution in [0.15, 0.2) is 35.4 Å². The van der Waals surface area contributed by atoms with Crippen LogP contribution in [-0.2, 0) is 10.0 Å². The number of nitrogens with one attached hydrogen (secondary N) is 3. The zero-order valence-corrected chi connectivity index (χ0v) is 15.8. The smallest absolute Gasteiger partial charge is 0.272 e. The van der Waals surface area contributed by atoms with E-state index in [4.69, 9.17) is 11.6 Å². The summed E-state index contributed by atoms with van der Waals surface area (Å²) in [6.45, 7) is 4.30. The Bertz CT molecular complexity index is 860. The van der Waals surface area contributed by atoms with Gasteiger partial charge in [0.2, 0.25) is 10.0 Å². The van der Waals surface area contributed by atoms with E-state index in [0.29, 0.717) is 29.5 Å². The predicted molar refractivity (Wildman–Crippen MR) is 99.9 cm³/mol. The van der Waals surface area contributed by atoms with Crippen molar-refractivity contribution in [2.45, 2.75) is 18.7 Å². The third-order valence-electron chi connectivity index (χ3n) is 3.74. The van der Waals surface area contributed by atoms with Crippen molar-refractivity contribution in [2.75, 3.05) is 30.8 Å². The van der Waals surface area contributed by atoms with E-state index in [9.17, 15) is 13.2 Å². The van der Waals surface area contributed by atoms with Gasteiger partial charge in [-0.1, -0.05) is 25.4 Å². The molecular weight excluding hydrogens is 364 g/mol. The summed E-state index contributed by atoms with van der Waals surface area (Å²) in [5.41, 5.74) is 1.25. The Labute approximate surface area is 152 Å². The summed E-state index contributed by atoms with van der Waals surface area (Å²) in [5.74, 6) is -0.416. The molecule has 7 nitrogen and oxygen atoms in total. The van der Waals surface area contributed by atoms with Crippen LogP contribution in [0.1, 0.15) is 24.3 Å². The average Bonchev–Trinajstić information content (AvgIpc) is 3.02. The number of carbonyl (C=O) groups excluding carboxylic acids is 1. The summed E-state index contributed by atoms with van der Waals surface area (Å²) in [5, 5.41) is 6.05. The molecule has 9 heteroatoms. The molecular formula is C16H21ClN4O3S. The third-order valence-corrected chi connectivity index (χ3v) is 6.01. The van der Waals surface area contributed by atoms with Crippen LogP contribution in [0.4, 0.5) is 11.4 Å². The van der Waals surface area contributed by atoms with Gasteiger partial charge < -0.3 is 15.6 Å². The number of anilines is 2. The maximum Gasteiger partial charge on any atom is 0.272 e. The number of carbonyl (C=O) groups is 1.